The van der Waals surface area contributed by atoms with Gasteiger partial charge < -0.3 is 9.64 Å². The topological polar surface area (TPSA) is 41.6 Å². The predicted octanol–water partition coefficient (Wildman–Crippen LogP) is 6.39. The Hall–Kier alpha value is -3.34. The van der Waals surface area contributed by atoms with E-state index < -0.39 is 12.8 Å². The summed E-state index contributed by atoms with van der Waals surface area (Å²) in [6, 6.07) is 23.3. The van der Waals surface area contributed by atoms with E-state index in [1.807, 2.05) is 12.1 Å². The molecule has 0 radical (unpaired) electrons. The molecule has 170 valence electrons. The number of nitrogens with zero attached hydrogens (tertiary/aromatic N) is 1. The highest BCUT2D eigenvalue weighted by Gasteiger charge is 2.36. The number of halogens is 1. The Bertz CT molecular complexity index is 1130. The second-order valence-corrected chi connectivity index (χ2v) is 8.84. The second-order valence-electron chi connectivity index (χ2n) is 8.84. The quantitative estimate of drug-likeness (QED) is 0.496. The molecule has 0 saturated carbocycles. The van der Waals surface area contributed by atoms with Crippen molar-refractivity contribution < 1.29 is 13.9 Å². The number of carbonyl (C=O) groups excluding carboxylic acids is 1. The number of rotatable bonds is 5. The molecule has 1 N–H and O–H groups in total. The number of hydrogen-bond acceptors (Lipinski definition) is 3. The molecule has 1 amide bonds. The van der Waals surface area contributed by atoms with Gasteiger partial charge in [-0.15, -0.1) is 0 Å². The molecule has 0 saturated heterocycles. The maximum atomic E-state index is 12.5. The minimum Gasteiger partial charge on any atom is -0.447 e. The van der Waals surface area contributed by atoms with Crippen molar-refractivity contribution >= 4 is 17.5 Å². The van der Waals surface area contributed by atoms with Crippen molar-refractivity contribution in [3.8, 4) is 0 Å². The van der Waals surface area contributed by atoms with Crippen LogP contribution in [0.3, 0.4) is 0 Å². The largest absolute Gasteiger partial charge is 0.447 e. The SMILES string of the molecule is Cc1c(NC(=O)OCCF)cc2c3c1[C@H](c1ccccc1)CCN3CC[C@H]2c1ccccc1. The first kappa shape index (κ1) is 21.5. The average Bonchev–Trinajstić information content (AvgIpc) is 2.86. The normalized spacial score (nSPS) is 19.0. The third kappa shape index (κ3) is 4.08. The Balaban J connectivity index is 1.67. The highest BCUT2D eigenvalue weighted by atomic mass is 19.1. The zero-order valence-electron chi connectivity index (χ0n) is 18.9. The molecule has 0 aliphatic carbocycles. The fourth-order valence-electron chi connectivity index (χ4n) is 5.52. The zero-order valence-corrected chi connectivity index (χ0v) is 18.9. The summed E-state index contributed by atoms with van der Waals surface area (Å²) in [5.41, 5.74) is 8.23. The van der Waals surface area contributed by atoms with Gasteiger partial charge in [0.15, 0.2) is 0 Å². The highest BCUT2D eigenvalue weighted by Crippen LogP contribution is 2.51. The molecule has 4 nitrogen and oxygen atoms in total. The van der Waals surface area contributed by atoms with Crippen molar-refractivity contribution in [1.29, 1.82) is 0 Å². The lowest BCUT2D eigenvalue weighted by Gasteiger charge is -2.44. The van der Waals surface area contributed by atoms with Gasteiger partial charge in [0.2, 0.25) is 0 Å². The van der Waals surface area contributed by atoms with Crippen LogP contribution >= 0.6 is 0 Å². The standard InChI is InChI=1S/C28H29FN2O2/c1-19-25(30-28(32)33-17-14-29)18-24-22(20-8-4-2-5-9-20)12-15-31-16-13-23(26(19)27(24)31)21-10-6-3-7-11-21/h2-11,18,22-23H,12-17H2,1H3,(H,30,32)/t22-,23-/m0/s1. The lowest BCUT2D eigenvalue weighted by atomic mass is 9.74. The molecule has 2 aliphatic heterocycles. The molecule has 3 aromatic rings. The number of benzene rings is 3. The van der Waals surface area contributed by atoms with Gasteiger partial charge >= 0.3 is 6.09 Å². The highest BCUT2D eigenvalue weighted by molar-refractivity contribution is 5.88. The molecule has 2 aliphatic rings. The smallest absolute Gasteiger partial charge is 0.411 e. The van der Waals surface area contributed by atoms with Crippen molar-refractivity contribution in [3.05, 3.63) is 94.5 Å². The third-order valence-electron chi connectivity index (χ3n) is 7.00. The first-order chi connectivity index (χ1) is 16.2. The Morgan fingerprint density at radius 3 is 2.24 bits per heavy atom. The van der Waals surface area contributed by atoms with Crippen LogP contribution in [-0.4, -0.2) is 32.5 Å². The number of nitrogens with one attached hydrogen (secondary N) is 1. The molecule has 2 atom stereocenters. The molecule has 5 rings (SSSR count). The van der Waals surface area contributed by atoms with Gasteiger partial charge in [0.25, 0.3) is 0 Å². The van der Waals surface area contributed by atoms with Crippen molar-refractivity contribution in [2.24, 2.45) is 0 Å². The fourth-order valence-corrected chi connectivity index (χ4v) is 5.52. The Labute approximate surface area is 194 Å². The van der Waals surface area contributed by atoms with E-state index in [-0.39, 0.29) is 18.4 Å². The van der Waals surface area contributed by atoms with Gasteiger partial charge in [-0.25, -0.2) is 9.18 Å². The zero-order chi connectivity index (χ0) is 22.8. The molecule has 33 heavy (non-hydrogen) atoms. The number of ether oxygens (including phenoxy) is 1. The number of amides is 1. The van der Waals surface area contributed by atoms with Gasteiger partial charge in [-0.05, 0) is 53.6 Å². The predicted molar refractivity (Wildman–Crippen MR) is 130 cm³/mol. The first-order valence-electron chi connectivity index (χ1n) is 11.7. The summed E-state index contributed by atoms with van der Waals surface area (Å²) in [5.74, 6) is 0.517. The molecule has 0 spiro atoms. The van der Waals surface area contributed by atoms with Crippen LogP contribution in [0.2, 0.25) is 0 Å². The van der Waals surface area contributed by atoms with E-state index in [2.05, 4.69) is 71.7 Å². The minimum absolute atomic E-state index is 0.240. The van der Waals surface area contributed by atoms with Gasteiger partial charge in [0.1, 0.15) is 13.3 Å². The van der Waals surface area contributed by atoms with Gasteiger partial charge in [-0.2, -0.15) is 0 Å². The summed E-state index contributed by atoms with van der Waals surface area (Å²) < 4.78 is 17.5. The summed E-state index contributed by atoms with van der Waals surface area (Å²) in [5, 5.41) is 2.91. The maximum absolute atomic E-state index is 12.5. The van der Waals surface area contributed by atoms with Gasteiger partial charge in [-0.3, -0.25) is 5.32 Å². The van der Waals surface area contributed by atoms with Crippen LogP contribution in [0.5, 0.6) is 0 Å². The Morgan fingerprint density at radius 1 is 1.00 bits per heavy atom. The number of carbonyl (C=O) groups is 1. The molecule has 0 bridgehead atoms. The lowest BCUT2D eigenvalue weighted by molar-refractivity contribution is 0.152. The van der Waals surface area contributed by atoms with E-state index in [0.29, 0.717) is 0 Å². The van der Waals surface area contributed by atoms with Crippen LogP contribution < -0.4 is 10.2 Å². The van der Waals surface area contributed by atoms with E-state index in [0.717, 1.165) is 37.2 Å². The summed E-state index contributed by atoms with van der Waals surface area (Å²) in [6.07, 6.45) is 1.45. The van der Waals surface area contributed by atoms with Crippen molar-refractivity contribution in [1.82, 2.24) is 0 Å². The van der Waals surface area contributed by atoms with E-state index in [4.69, 9.17) is 4.74 Å². The van der Waals surface area contributed by atoms with Crippen LogP contribution in [0.4, 0.5) is 20.6 Å². The number of anilines is 2. The van der Waals surface area contributed by atoms with Crippen LogP contribution in [0.1, 0.15) is 52.5 Å². The molecule has 0 fully saturated rings. The summed E-state index contributed by atoms with van der Waals surface area (Å²) in [6.45, 7) is 3.18. The van der Waals surface area contributed by atoms with Crippen LogP contribution in [0, 0.1) is 6.92 Å². The Morgan fingerprint density at radius 2 is 1.61 bits per heavy atom. The lowest BCUT2D eigenvalue weighted by Crippen LogP contribution is -2.38. The molecule has 5 heteroatoms. The molecule has 0 unspecified atom stereocenters. The van der Waals surface area contributed by atoms with E-state index in [1.165, 1.54) is 27.9 Å². The molecule has 0 aromatic heterocycles. The average molecular weight is 445 g/mol. The van der Waals surface area contributed by atoms with Crippen molar-refractivity contribution in [2.45, 2.75) is 31.6 Å². The van der Waals surface area contributed by atoms with E-state index >= 15 is 0 Å². The molecular weight excluding hydrogens is 415 g/mol. The van der Waals surface area contributed by atoms with Gasteiger partial charge in [-0.1, -0.05) is 60.7 Å². The van der Waals surface area contributed by atoms with Gasteiger partial charge in [0, 0.05) is 36.3 Å². The molecule has 2 heterocycles. The monoisotopic (exact) mass is 444 g/mol. The number of alkyl halides is 1. The fraction of sp³-hybridized carbons (Fsp3) is 0.321. The summed E-state index contributed by atoms with van der Waals surface area (Å²) in [7, 11) is 0. The number of hydrogen-bond donors (Lipinski definition) is 1. The van der Waals surface area contributed by atoms with Gasteiger partial charge in [0.05, 0.1) is 0 Å². The van der Waals surface area contributed by atoms with E-state index in [9.17, 15) is 9.18 Å². The van der Waals surface area contributed by atoms with Crippen molar-refractivity contribution in [3.63, 3.8) is 0 Å². The summed E-state index contributed by atoms with van der Waals surface area (Å²) in [4.78, 5) is 14.9. The van der Waals surface area contributed by atoms with Crippen LogP contribution in [0.15, 0.2) is 66.7 Å². The minimum atomic E-state index is -0.692. The van der Waals surface area contributed by atoms with Crippen LogP contribution in [0.25, 0.3) is 0 Å². The van der Waals surface area contributed by atoms with Crippen LogP contribution in [-0.2, 0) is 4.74 Å². The van der Waals surface area contributed by atoms with Crippen molar-refractivity contribution in [2.75, 3.05) is 36.6 Å². The molecular formula is C28H29FN2O2. The second kappa shape index (κ2) is 9.26. The first-order valence-corrected chi connectivity index (χ1v) is 11.7. The van der Waals surface area contributed by atoms with E-state index in [1.54, 1.807) is 0 Å². The molecule has 3 aromatic carbocycles. The third-order valence-corrected chi connectivity index (χ3v) is 7.00. The Kier molecular flexibility index (Phi) is 6.03. The summed E-state index contributed by atoms with van der Waals surface area (Å²) >= 11 is 0. The maximum Gasteiger partial charge on any atom is 0.411 e.